The summed E-state index contributed by atoms with van der Waals surface area (Å²) in [6, 6.07) is 10.3. The minimum absolute atomic E-state index is 0.299. The Morgan fingerprint density at radius 3 is 2.33 bits per heavy atom. The molecule has 2 heterocycles. The van der Waals surface area contributed by atoms with Gasteiger partial charge in [-0.15, -0.1) is 0 Å². The van der Waals surface area contributed by atoms with E-state index in [9.17, 15) is 13.5 Å². The van der Waals surface area contributed by atoms with Crippen molar-refractivity contribution < 1.29 is 13.5 Å². The smallest absolute Gasteiger partial charge is 0.156 e. The number of hydrogen-bond acceptors (Lipinski definition) is 3. The van der Waals surface area contributed by atoms with E-state index < -0.39 is 15.4 Å². The van der Waals surface area contributed by atoms with Gasteiger partial charge in [-0.2, -0.15) is 0 Å². The predicted molar refractivity (Wildman–Crippen MR) is 83.9 cm³/mol. The van der Waals surface area contributed by atoms with Gasteiger partial charge in [0.1, 0.15) is 0 Å². The summed E-state index contributed by atoms with van der Waals surface area (Å²) in [6.45, 7) is 0. The van der Waals surface area contributed by atoms with Gasteiger partial charge in [0, 0.05) is 0 Å². The van der Waals surface area contributed by atoms with E-state index in [1.165, 1.54) is 5.56 Å². The van der Waals surface area contributed by atoms with E-state index in [0.29, 0.717) is 19.3 Å². The van der Waals surface area contributed by atoms with Crippen LogP contribution in [0.1, 0.15) is 50.5 Å². The molecule has 2 fully saturated rings. The SMILES string of the molecule is O=S1(=O)C2CCCC1CC(O)(CCCc1ccccc1)C2. The first-order valence-electron chi connectivity index (χ1n) is 7.99. The molecular weight excluding hydrogens is 284 g/mol. The number of aliphatic hydroxyl groups is 1. The van der Waals surface area contributed by atoms with Crippen molar-refractivity contribution in [2.24, 2.45) is 0 Å². The first-order chi connectivity index (χ1) is 10.00. The number of aryl methyl sites for hydroxylation is 1. The summed E-state index contributed by atoms with van der Waals surface area (Å²) in [5.41, 5.74) is 0.514. The van der Waals surface area contributed by atoms with Gasteiger partial charge in [0.2, 0.25) is 0 Å². The van der Waals surface area contributed by atoms with Gasteiger partial charge >= 0.3 is 0 Å². The van der Waals surface area contributed by atoms with Crippen molar-refractivity contribution in [1.29, 1.82) is 0 Å². The van der Waals surface area contributed by atoms with Crippen LogP contribution in [0.3, 0.4) is 0 Å². The molecule has 2 atom stereocenters. The Morgan fingerprint density at radius 2 is 1.71 bits per heavy atom. The fraction of sp³-hybridized carbons (Fsp3) is 0.647. The molecule has 2 unspecified atom stereocenters. The number of rotatable bonds is 4. The van der Waals surface area contributed by atoms with Crippen molar-refractivity contribution in [2.75, 3.05) is 0 Å². The number of fused-ring (bicyclic) bond motifs is 2. The molecule has 1 aromatic rings. The van der Waals surface area contributed by atoms with Crippen LogP contribution >= 0.6 is 0 Å². The molecule has 0 amide bonds. The van der Waals surface area contributed by atoms with Crippen LogP contribution in [0.4, 0.5) is 0 Å². The second-order valence-electron chi connectivity index (χ2n) is 6.74. The largest absolute Gasteiger partial charge is 0.390 e. The summed E-state index contributed by atoms with van der Waals surface area (Å²) in [7, 11) is -2.97. The van der Waals surface area contributed by atoms with Crippen molar-refractivity contribution in [3.05, 3.63) is 35.9 Å². The molecular formula is C17H24O3S. The van der Waals surface area contributed by atoms with Gasteiger partial charge in [-0.1, -0.05) is 36.8 Å². The van der Waals surface area contributed by atoms with Crippen molar-refractivity contribution >= 4 is 9.84 Å². The molecule has 1 N–H and O–H groups in total. The Kier molecular flexibility index (Phi) is 4.10. The molecule has 116 valence electrons. The molecule has 0 saturated carbocycles. The number of sulfone groups is 1. The third-order valence-electron chi connectivity index (χ3n) is 5.15. The van der Waals surface area contributed by atoms with Gasteiger partial charge in [0.05, 0.1) is 16.1 Å². The average molecular weight is 308 g/mol. The van der Waals surface area contributed by atoms with Crippen LogP contribution in [0.15, 0.2) is 30.3 Å². The highest BCUT2D eigenvalue weighted by Gasteiger charge is 2.49. The lowest BCUT2D eigenvalue weighted by Crippen LogP contribution is -2.51. The van der Waals surface area contributed by atoms with Crippen LogP contribution < -0.4 is 0 Å². The van der Waals surface area contributed by atoms with E-state index in [0.717, 1.165) is 32.1 Å². The summed E-state index contributed by atoms with van der Waals surface area (Å²) >= 11 is 0. The van der Waals surface area contributed by atoms with E-state index in [1.807, 2.05) is 18.2 Å². The van der Waals surface area contributed by atoms with Crippen molar-refractivity contribution in [1.82, 2.24) is 0 Å². The minimum Gasteiger partial charge on any atom is -0.390 e. The van der Waals surface area contributed by atoms with Crippen LogP contribution in [0.25, 0.3) is 0 Å². The Morgan fingerprint density at radius 1 is 1.10 bits per heavy atom. The van der Waals surface area contributed by atoms with Gasteiger partial charge in [-0.25, -0.2) is 8.42 Å². The Balaban J connectivity index is 1.61. The van der Waals surface area contributed by atoms with Crippen molar-refractivity contribution in [2.45, 2.75) is 67.5 Å². The lowest BCUT2D eigenvalue weighted by Gasteiger charge is -2.44. The third-order valence-corrected chi connectivity index (χ3v) is 7.81. The molecule has 0 aromatic heterocycles. The lowest BCUT2D eigenvalue weighted by molar-refractivity contribution is 0.0000756. The summed E-state index contributed by atoms with van der Waals surface area (Å²) in [5, 5.41) is 10.2. The molecule has 3 nitrogen and oxygen atoms in total. The summed E-state index contributed by atoms with van der Waals surface area (Å²) in [5.74, 6) is 0. The van der Waals surface area contributed by atoms with Gasteiger partial charge < -0.3 is 5.11 Å². The van der Waals surface area contributed by atoms with Gasteiger partial charge in [0.25, 0.3) is 0 Å². The van der Waals surface area contributed by atoms with Gasteiger partial charge in [0.15, 0.2) is 9.84 Å². The van der Waals surface area contributed by atoms with E-state index in [-0.39, 0.29) is 10.5 Å². The van der Waals surface area contributed by atoms with Crippen molar-refractivity contribution in [3.8, 4) is 0 Å². The fourth-order valence-corrected chi connectivity index (χ4v) is 6.63. The number of hydrogen-bond donors (Lipinski definition) is 1. The van der Waals surface area contributed by atoms with Crippen LogP contribution in [0, 0.1) is 0 Å². The molecule has 4 heteroatoms. The maximum absolute atomic E-state index is 12.3. The Bertz CT molecular complexity index is 559. The van der Waals surface area contributed by atoms with E-state index in [4.69, 9.17) is 0 Å². The lowest BCUT2D eigenvalue weighted by atomic mass is 9.82. The van der Waals surface area contributed by atoms with Crippen LogP contribution in [-0.2, 0) is 16.3 Å². The number of benzene rings is 1. The normalized spacial score (nSPS) is 34.5. The quantitative estimate of drug-likeness (QED) is 0.930. The van der Waals surface area contributed by atoms with Crippen LogP contribution in [0.5, 0.6) is 0 Å². The molecule has 1 aromatic carbocycles. The molecule has 2 aliphatic heterocycles. The molecule has 2 bridgehead atoms. The molecule has 3 rings (SSSR count). The minimum atomic E-state index is -2.97. The molecule has 2 aliphatic rings. The highest BCUT2D eigenvalue weighted by Crippen LogP contribution is 2.43. The molecule has 21 heavy (non-hydrogen) atoms. The predicted octanol–water partition coefficient (Wildman–Crippen LogP) is 2.87. The standard InChI is InChI=1S/C17H24O3S/c18-17(11-5-8-14-6-2-1-3-7-14)12-15-9-4-10-16(13-17)21(15,19)20/h1-3,6-7,15-16,18H,4-5,8-13H2. The molecule has 0 radical (unpaired) electrons. The monoisotopic (exact) mass is 308 g/mol. The second-order valence-corrected chi connectivity index (χ2v) is 9.25. The van der Waals surface area contributed by atoms with E-state index in [1.54, 1.807) is 0 Å². The molecule has 0 aliphatic carbocycles. The van der Waals surface area contributed by atoms with E-state index >= 15 is 0 Å². The van der Waals surface area contributed by atoms with Gasteiger partial charge in [-0.3, -0.25) is 0 Å². The summed E-state index contributed by atoms with van der Waals surface area (Å²) in [4.78, 5) is 0. The maximum atomic E-state index is 12.3. The molecule has 0 spiro atoms. The zero-order valence-corrected chi connectivity index (χ0v) is 13.2. The second kappa shape index (κ2) is 5.73. The zero-order chi connectivity index (χ0) is 14.9. The zero-order valence-electron chi connectivity index (χ0n) is 12.4. The first kappa shape index (κ1) is 15.0. The maximum Gasteiger partial charge on any atom is 0.156 e. The highest BCUT2D eigenvalue weighted by atomic mass is 32.2. The summed E-state index contributed by atoms with van der Waals surface area (Å²) in [6.07, 6.45) is 5.94. The van der Waals surface area contributed by atoms with Gasteiger partial charge in [-0.05, 0) is 50.5 Å². The highest BCUT2D eigenvalue weighted by molar-refractivity contribution is 7.92. The topological polar surface area (TPSA) is 54.4 Å². The van der Waals surface area contributed by atoms with Crippen LogP contribution in [-0.4, -0.2) is 29.6 Å². The van der Waals surface area contributed by atoms with E-state index in [2.05, 4.69) is 12.1 Å². The summed E-state index contributed by atoms with van der Waals surface area (Å²) < 4.78 is 24.5. The Hall–Kier alpha value is -0.870. The van der Waals surface area contributed by atoms with Crippen molar-refractivity contribution in [3.63, 3.8) is 0 Å². The Labute approximate surface area is 127 Å². The third kappa shape index (κ3) is 3.16. The molecule has 2 saturated heterocycles. The fourth-order valence-electron chi connectivity index (χ4n) is 4.01. The first-order valence-corrected chi connectivity index (χ1v) is 9.60. The van der Waals surface area contributed by atoms with Crippen LogP contribution in [0.2, 0.25) is 0 Å². The average Bonchev–Trinajstić information content (AvgIpc) is 2.42.